The highest BCUT2D eigenvalue weighted by molar-refractivity contribution is 6.04. The van der Waals surface area contributed by atoms with E-state index in [0.717, 1.165) is 29.2 Å². The van der Waals surface area contributed by atoms with Crippen molar-refractivity contribution < 1.29 is 9.59 Å². The van der Waals surface area contributed by atoms with Crippen LogP contribution >= 0.6 is 0 Å². The topological polar surface area (TPSA) is 62.0 Å². The molecule has 0 bridgehead atoms. The number of amides is 1. The molecule has 2 aromatic rings. The smallest absolute Gasteiger partial charge is 0.251 e. The Labute approximate surface area is 91.6 Å². The molecule has 80 valence electrons. The van der Waals surface area contributed by atoms with Gasteiger partial charge >= 0.3 is 0 Å². The largest absolute Gasteiger partial charge is 0.360 e. The number of carbonyl (C=O) groups is 2. The van der Waals surface area contributed by atoms with Crippen LogP contribution in [0.2, 0.25) is 0 Å². The summed E-state index contributed by atoms with van der Waals surface area (Å²) in [5, 5.41) is 3.69. The lowest BCUT2D eigenvalue weighted by Gasteiger charge is -2.16. The Kier molecular flexibility index (Phi) is 1.83. The van der Waals surface area contributed by atoms with Gasteiger partial charge < -0.3 is 10.3 Å². The molecule has 0 radical (unpaired) electrons. The summed E-state index contributed by atoms with van der Waals surface area (Å²) in [5.74, 6) is -0.0367. The van der Waals surface area contributed by atoms with Gasteiger partial charge in [-0.05, 0) is 24.1 Å². The van der Waals surface area contributed by atoms with Gasteiger partial charge in [-0.15, -0.1) is 0 Å². The van der Waals surface area contributed by atoms with E-state index in [-0.39, 0.29) is 5.91 Å². The van der Waals surface area contributed by atoms with Crippen molar-refractivity contribution in [3.05, 3.63) is 35.0 Å². The third-order valence-corrected chi connectivity index (χ3v) is 2.99. The van der Waals surface area contributed by atoms with Gasteiger partial charge in [0.1, 0.15) is 0 Å². The van der Waals surface area contributed by atoms with Crippen molar-refractivity contribution in [3.8, 4) is 0 Å². The lowest BCUT2D eigenvalue weighted by atomic mass is 9.97. The van der Waals surface area contributed by atoms with Crippen LogP contribution in [0.3, 0.4) is 0 Å². The second kappa shape index (κ2) is 3.20. The number of fused-ring (bicyclic) bond motifs is 2. The Morgan fingerprint density at radius 1 is 1.31 bits per heavy atom. The summed E-state index contributed by atoms with van der Waals surface area (Å²) in [5.41, 5.74) is 3.19. The SMILES string of the molecule is O=Cc1c[nH]c2cc3c(cc12)CCNC3=O. The van der Waals surface area contributed by atoms with Crippen molar-refractivity contribution in [1.29, 1.82) is 0 Å². The predicted molar refractivity (Wildman–Crippen MR) is 59.7 cm³/mol. The second-order valence-electron chi connectivity index (χ2n) is 3.92. The number of nitrogens with one attached hydrogen (secondary N) is 2. The quantitative estimate of drug-likeness (QED) is 0.702. The minimum Gasteiger partial charge on any atom is -0.360 e. The van der Waals surface area contributed by atoms with Crippen LogP contribution in [0.4, 0.5) is 0 Å². The van der Waals surface area contributed by atoms with Crippen molar-refractivity contribution in [3.63, 3.8) is 0 Å². The van der Waals surface area contributed by atoms with E-state index in [1.807, 2.05) is 12.1 Å². The first-order valence-electron chi connectivity index (χ1n) is 5.17. The van der Waals surface area contributed by atoms with Crippen molar-refractivity contribution in [2.75, 3.05) is 6.54 Å². The molecule has 0 aliphatic carbocycles. The molecule has 3 rings (SSSR count). The maximum Gasteiger partial charge on any atom is 0.251 e. The number of hydrogen-bond acceptors (Lipinski definition) is 2. The van der Waals surface area contributed by atoms with Crippen LogP contribution in [0.1, 0.15) is 26.3 Å². The third kappa shape index (κ3) is 1.16. The van der Waals surface area contributed by atoms with Gasteiger partial charge in [0.2, 0.25) is 0 Å². The number of aromatic nitrogens is 1. The van der Waals surface area contributed by atoms with Crippen LogP contribution in [-0.4, -0.2) is 23.7 Å². The fraction of sp³-hybridized carbons (Fsp3) is 0.167. The molecule has 1 aliphatic rings. The summed E-state index contributed by atoms with van der Waals surface area (Å²) < 4.78 is 0. The van der Waals surface area contributed by atoms with Crippen LogP contribution in [0.25, 0.3) is 10.9 Å². The summed E-state index contributed by atoms with van der Waals surface area (Å²) in [6.45, 7) is 0.665. The minimum absolute atomic E-state index is 0.0367. The summed E-state index contributed by atoms with van der Waals surface area (Å²) in [6.07, 6.45) is 3.32. The van der Waals surface area contributed by atoms with E-state index in [1.165, 1.54) is 0 Å². The Balaban J connectivity index is 2.31. The van der Waals surface area contributed by atoms with Crippen molar-refractivity contribution in [2.45, 2.75) is 6.42 Å². The number of benzene rings is 1. The lowest BCUT2D eigenvalue weighted by molar-refractivity contribution is 0.0946. The molecule has 0 spiro atoms. The zero-order chi connectivity index (χ0) is 11.1. The van der Waals surface area contributed by atoms with Gasteiger partial charge in [-0.3, -0.25) is 9.59 Å². The molecule has 0 saturated heterocycles. The summed E-state index contributed by atoms with van der Waals surface area (Å²) in [4.78, 5) is 25.4. The van der Waals surface area contributed by atoms with E-state index >= 15 is 0 Å². The Morgan fingerprint density at radius 2 is 2.19 bits per heavy atom. The Bertz CT molecular complexity index is 598. The van der Waals surface area contributed by atoms with Crippen LogP contribution in [0, 0.1) is 0 Å². The van der Waals surface area contributed by atoms with E-state index in [2.05, 4.69) is 10.3 Å². The molecular weight excluding hydrogens is 204 g/mol. The molecule has 1 amide bonds. The Hall–Kier alpha value is -2.10. The highest BCUT2D eigenvalue weighted by Gasteiger charge is 2.18. The first-order valence-corrected chi connectivity index (χ1v) is 5.17. The van der Waals surface area contributed by atoms with Gasteiger partial charge in [0.05, 0.1) is 0 Å². The maximum atomic E-state index is 11.6. The van der Waals surface area contributed by atoms with Crippen molar-refractivity contribution in [2.24, 2.45) is 0 Å². The number of hydrogen-bond donors (Lipinski definition) is 2. The maximum absolute atomic E-state index is 11.6. The highest BCUT2D eigenvalue weighted by Crippen LogP contribution is 2.24. The molecule has 2 N–H and O–H groups in total. The Morgan fingerprint density at radius 3 is 3.00 bits per heavy atom. The van der Waals surface area contributed by atoms with E-state index in [9.17, 15) is 9.59 Å². The van der Waals surface area contributed by atoms with E-state index in [0.29, 0.717) is 17.7 Å². The van der Waals surface area contributed by atoms with Crippen LogP contribution in [-0.2, 0) is 6.42 Å². The second-order valence-corrected chi connectivity index (χ2v) is 3.92. The lowest BCUT2D eigenvalue weighted by Crippen LogP contribution is -2.31. The first kappa shape index (κ1) is 9.15. The summed E-state index contributed by atoms with van der Waals surface area (Å²) >= 11 is 0. The number of H-pyrrole nitrogens is 1. The molecule has 0 saturated carbocycles. The normalized spacial score (nSPS) is 14.6. The van der Waals surface area contributed by atoms with Gasteiger partial charge in [0.15, 0.2) is 6.29 Å². The average molecular weight is 214 g/mol. The van der Waals surface area contributed by atoms with Crippen LogP contribution in [0.15, 0.2) is 18.3 Å². The highest BCUT2D eigenvalue weighted by atomic mass is 16.1. The molecule has 0 fully saturated rings. The molecule has 0 unspecified atom stereocenters. The van der Waals surface area contributed by atoms with E-state index < -0.39 is 0 Å². The molecule has 0 atom stereocenters. The number of rotatable bonds is 1. The van der Waals surface area contributed by atoms with Crippen molar-refractivity contribution >= 4 is 23.1 Å². The zero-order valence-corrected chi connectivity index (χ0v) is 8.54. The van der Waals surface area contributed by atoms with Crippen LogP contribution < -0.4 is 5.32 Å². The van der Waals surface area contributed by atoms with Gasteiger partial charge in [-0.25, -0.2) is 0 Å². The molecule has 1 aromatic heterocycles. The zero-order valence-electron chi connectivity index (χ0n) is 8.54. The molecule has 1 aliphatic heterocycles. The fourth-order valence-electron chi connectivity index (χ4n) is 2.16. The van der Waals surface area contributed by atoms with Gasteiger partial charge in [-0.1, -0.05) is 0 Å². The molecule has 4 nitrogen and oxygen atoms in total. The molecule has 4 heteroatoms. The molecule has 1 aromatic carbocycles. The summed E-state index contributed by atoms with van der Waals surface area (Å²) in [6, 6.07) is 3.75. The summed E-state index contributed by atoms with van der Waals surface area (Å²) in [7, 11) is 0. The number of carbonyl (C=O) groups excluding carboxylic acids is 2. The fourth-order valence-corrected chi connectivity index (χ4v) is 2.16. The minimum atomic E-state index is -0.0367. The van der Waals surface area contributed by atoms with Gasteiger partial charge in [-0.2, -0.15) is 0 Å². The van der Waals surface area contributed by atoms with E-state index in [1.54, 1.807) is 6.20 Å². The predicted octanol–water partition coefficient (Wildman–Crippen LogP) is 1.27. The number of aldehydes is 1. The van der Waals surface area contributed by atoms with E-state index in [4.69, 9.17) is 0 Å². The standard InChI is InChI=1S/C12H10N2O2/c15-6-8-5-14-11-4-10-7(3-9(8)11)1-2-13-12(10)16/h3-6,14H,1-2H2,(H,13,16). The van der Waals surface area contributed by atoms with Gasteiger partial charge in [0, 0.05) is 34.8 Å². The van der Waals surface area contributed by atoms with Crippen LogP contribution in [0.5, 0.6) is 0 Å². The number of aromatic amines is 1. The monoisotopic (exact) mass is 214 g/mol. The molecule has 2 heterocycles. The first-order chi connectivity index (χ1) is 7.79. The third-order valence-electron chi connectivity index (χ3n) is 2.99. The molecule has 16 heavy (non-hydrogen) atoms. The molecular formula is C12H10N2O2. The van der Waals surface area contributed by atoms with Gasteiger partial charge in [0.25, 0.3) is 5.91 Å². The van der Waals surface area contributed by atoms with Crippen molar-refractivity contribution in [1.82, 2.24) is 10.3 Å². The average Bonchev–Trinajstić information content (AvgIpc) is 2.69.